The lowest BCUT2D eigenvalue weighted by atomic mass is 10.3. The largest absolute Gasteiger partial charge is 0.495 e. The lowest BCUT2D eigenvalue weighted by Gasteiger charge is -2.14. The molecule has 2 aromatic rings. The predicted molar refractivity (Wildman–Crippen MR) is 84.4 cm³/mol. The quantitative estimate of drug-likeness (QED) is 0.825. The zero-order chi connectivity index (χ0) is 15.1. The van der Waals surface area contributed by atoms with Crippen molar-refractivity contribution in [3.8, 4) is 11.5 Å². The van der Waals surface area contributed by atoms with E-state index in [1.165, 1.54) is 0 Å². The van der Waals surface area contributed by atoms with Gasteiger partial charge in [0.1, 0.15) is 24.2 Å². The van der Waals surface area contributed by atoms with E-state index in [1.54, 1.807) is 19.2 Å². The molecule has 2 rings (SSSR count). The first-order valence-corrected chi connectivity index (χ1v) is 7.00. The van der Waals surface area contributed by atoms with Crippen LogP contribution in [-0.4, -0.2) is 31.5 Å². The fourth-order valence-electron chi connectivity index (χ4n) is 1.78. The number of anilines is 1. The molecule has 0 aliphatic carbocycles. The first-order chi connectivity index (χ1) is 10.2. The molecule has 0 fully saturated rings. The zero-order valence-corrected chi connectivity index (χ0v) is 12.5. The summed E-state index contributed by atoms with van der Waals surface area (Å²) < 4.78 is 10.6. The van der Waals surface area contributed by atoms with E-state index in [-0.39, 0.29) is 6.61 Å². The van der Waals surface area contributed by atoms with Crippen molar-refractivity contribution < 1.29 is 14.6 Å². The van der Waals surface area contributed by atoms with Crippen LogP contribution in [0.1, 0.15) is 0 Å². The van der Waals surface area contributed by atoms with Gasteiger partial charge in [-0.25, -0.2) is 0 Å². The van der Waals surface area contributed by atoms with Gasteiger partial charge in [0, 0.05) is 12.2 Å². The third kappa shape index (κ3) is 4.85. The summed E-state index contributed by atoms with van der Waals surface area (Å²) in [6, 6.07) is 14.8. The van der Waals surface area contributed by atoms with Crippen molar-refractivity contribution in [2.45, 2.75) is 6.10 Å². The smallest absolute Gasteiger partial charge is 0.137 e. The number of hydrogen-bond acceptors (Lipinski definition) is 4. The van der Waals surface area contributed by atoms with Gasteiger partial charge in [0.25, 0.3) is 0 Å². The molecule has 0 aliphatic heterocycles. The zero-order valence-electron chi connectivity index (χ0n) is 11.8. The summed E-state index contributed by atoms with van der Waals surface area (Å²) in [5.74, 6) is 1.36. The first kappa shape index (κ1) is 15.5. The molecule has 0 aliphatic rings. The van der Waals surface area contributed by atoms with Gasteiger partial charge in [-0.1, -0.05) is 29.8 Å². The van der Waals surface area contributed by atoms with Crippen LogP contribution in [0.15, 0.2) is 48.5 Å². The Morgan fingerprint density at radius 3 is 2.62 bits per heavy atom. The average molecular weight is 308 g/mol. The van der Waals surface area contributed by atoms with Crippen LogP contribution in [0.2, 0.25) is 5.02 Å². The Bertz CT molecular complexity index is 563. The van der Waals surface area contributed by atoms with E-state index >= 15 is 0 Å². The summed E-state index contributed by atoms with van der Waals surface area (Å²) in [6.07, 6.45) is -0.619. The lowest BCUT2D eigenvalue weighted by molar-refractivity contribution is 0.117. The van der Waals surface area contributed by atoms with E-state index in [2.05, 4.69) is 5.32 Å². The summed E-state index contributed by atoms with van der Waals surface area (Å²) in [5, 5.41) is 13.5. The van der Waals surface area contributed by atoms with Gasteiger partial charge in [0.05, 0.1) is 12.1 Å². The summed E-state index contributed by atoms with van der Waals surface area (Å²) in [7, 11) is 1.57. The molecule has 1 atom stereocenters. The SMILES string of the molecule is COc1ccc(NCC(O)COc2ccccc2)cc1Cl. The molecule has 2 N–H and O–H groups in total. The minimum absolute atomic E-state index is 0.223. The molecular weight excluding hydrogens is 290 g/mol. The van der Waals surface area contributed by atoms with Gasteiger partial charge in [-0.3, -0.25) is 0 Å². The van der Waals surface area contributed by atoms with Crippen LogP contribution in [-0.2, 0) is 0 Å². The third-order valence-corrected chi connectivity index (χ3v) is 3.17. The highest BCUT2D eigenvalue weighted by Crippen LogP contribution is 2.27. The van der Waals surface area contributed by atoms with E-state index in [0.717, 1.165) is 11.4 Å². The molecule has 4 nitrogen and oxygen atoms in total. The monoisotopic (exact) mass is 307 g/mol. The second-order valence-electron chi connectivity index (χ2n) is 4.51. The molecule has 0 bridgehead atoms. The first-order valence-electron chi connectivity index (χ1n) is 6.62. The van der Waals surface area contributed by atoms with E-state index in [4.69, 9.17) is 21.1 Å². The number of rotatable bonds is 7. The maximum atomic E-state index is 9.90. The molecule has 0 amide bonds. The predicted octanol–water partition coefficient (Wildman–Crippen LogP) is 3.20. The Labute approximate surface area is 129 Å². The summed E-state index contributed by atoms with van der Waals surface area (Å²) in [6.45, 7) is 0.594. The molecule has 0 heterocycles. The molecule has 1 unspecified atom stereocenters. The molecule has 21 heavy (non-hydrogen) atoms. The van der Waals surface area contributed by atoms with Crippen molar-refractivity contribution in [1.82, 2.24) is 0 Å². The number of halogens is 1. The summed E-state index contributed by atoms with van der Waals surface area (Å²) in [5.41, 5.74) is 0.819. The Morgan fingerprint density at radius 2 is 1.95 bits per heavy atom. The van der Waals surface area contributed by atoms with Crippen molar-refractivity contribution >= 4 is 17.3 Å². The average Bonchev–Trinajstić information content (AvgIpc) is 2.52. The van der Waals surface area contributed by atoms with E-state index in [1.807, 2.05) is 36.4 Å². The molecule has 5 heteroatoms. The van der Waals surface area contributed by atoms with Gasteiger partial charge in [-0.15, -0.1) is 0 Å². The Balaban J connectivity index is 1.78. The number of methoxy groups -OCH3 is 1. The number of para-hydroxylation sites is 1. The fourth-order valence-corrected chi connectivity index (χ4v) is 2.04. The van der Waals surface area contributed by atoms with Crippen molar-refractivity contribution in [2.75, 3.05) is 25.6 Å². The van der Waals surface area contributed by atoms with Crippen molar-refractivity contribution in [3.05, 3.63) is 53.6 Å². The second kappa shape index (κ2) is 7.76. The normalized spacial score (nSPS) is 11.8. The van der Waals surface area contributed by atoms with Crippen LogP contribution in [0.25, 0.3) is 0 Å². The molecular formula is C16H18ClNO3. The van der Waals surface area contributed by atoms with E-state index in [0.29, 0.717) is 17.3 Å². The number of hydrogen-bond donors (Lipinski definition) is 2. The summed E-state index contributed by atoms with van der Waals surface area (Å²) >= 11 is 6.03. The van der Waals surface area contributed by atoms with Gasteiger partial charge >= 0.3 is 0 Å². The number of aliphatic hydroxyl groups is 1. The van der Waals surface area contributed by atoms with Gasteiger partial charge < -0.3 is 19.9 Å². The Morgan fingerprint density at radius 1 is 1.19 bits per heavy atom. The van der Waals surface area contributed by atoms with Crippen LogP contribution in [0.3, 0.4) is 0 Å². The van der Waals surface area contributed by atoms with Gasteiger partial charge in [0.2, 0.25) is 0 Å². The van der Waals surface area contributed by atoms with E-state index in [9.17, 15) is 5.11 Å². The highest BCUT2D eigenvalue weighted by Gasteiger charge is 2.06. The number of benzene rings is 2. The van der Waals surface area contributed by atoms with Gasteiger partial charge in [-0.2, -0.15) is 0 Å². The van der Waals surface area contributed by atoms with Gasteiger partial charge in [-0.05, 0) is 30.3 Å². The Hall–Kier alpha value is -1.91. The topological polar surface area (TPSA) is 50.7 Å². The van der Waals surface area contributed by atoms with E-state index < -0.39 is 6.10 Å². The fraction of sp³-hybridized carbons (Fsp3) is 0.250. The molecule has 2 aromatic carbocycles. The van der Waals surface area contributed by atoms with Gasteiger partial charge in [0.15, 0.2) is 0 Å². The minimum Gasteiger partial charge on any atom is -0.495 e. The van der Waals surface area contributed by atoms with Crippen LogP contribution in [0.5, 0.6) is 11.5 Å². The number of aliphatic hydroxyl groups excluding tert-OH is 1. The molecule has 0 radical (unpaired) electrons. The minimum atomic E-state index is -0.619. The Kier molecular flexibility index (Phi) is 5.72. The standard InChI is InChI=1S/C16H18ClNO3/c1-20-16-8-7-12(9-15(16)17)18-10-13(19)11-21-14-5-3-2-4-6-14/h2-9,13,18-19H,10-11H2,1H3. The maximum absolute atomic E-state index is 9.90. The molecule has 0 saturated carbocycles. The van der Waals surface area contributed by atoms with Crippen molar-refractivity contribution in [3.63, 3.8) is 0 Å². The molecule has 0 aromatic heterocycles. The van der Waals surface area contributed by atoms with Crippen LogP contribution in [0, 0.1) is 0 Å². The van der Waals surface area contributed by atoms with Crippen LogP contribution < -0.4 is 14.8 Å². The highest BCUT2D eigenvalue weighted by atomic mass is 35.5. The highest BCUT2D eigenvalue weighted by molar-refractivity contribution is 6.32. The van der Waals surface area contributed by atoms with Crippen LogP contribution >= 0.6 is 11.6 Å². The van der Waals surface area contributed by atoms with Crippen LogP contribution in [0.4, 0.5) is 5.69 Å². The third-order valence-electron chi connectivity index (χ3n) is 2.88. The molecule has 0 saturated heterocycles. The molecule has 112 valence electrons. The maximum Gasteiger partial charge on any atom is 0.137 e. The van der Waals surface area contributed by atoms with Crippen molar-refractivity contribution in [2.24, 2.45) is 0 Å². The number of ether oxygens (including phenoxy) is 2. The second-order valence-corrected chi connectivity index (χ2v) is 4.92. The summed E-state index contributed by atoms with van der Waals surface area (Å²) in [4.78, 5) is 0. The number of nitrogens with one attached hydrogen (secondary N) is 1. The van der Waals surface area contributed by atoms with Crippen molar-refractivity contribution in [1.29, 1.82) is 0 Å². The lowest BCUT2D eigenvalue weighted by Crippen LogP contribution is -2.26. The molecule has 0 spiro atoms.